The number of hydrogen-bond acceptors (Lipinski definition) is 1. The van der Waals surface area contributed by atoms with Gasteiger partial charge in [-0.15, -0.1) is 0 Å². The molecule has 0 N–H and O–H groups in total. The van der Waals surface area contributed by atoms with Crippen LogP contribution in [-0.2, 0) is 4.79 Å². The molecule has 1 aromatic carbocycles. The molecule has 0 aliphatic rings. The van der Waals surface area contributed by atoms with Gasteiger partial charge in [-0.3, -0.25) is 4.79 Å². The highest BCUT2D eigenvalue weighted by atomic mass is 35.5. The first-order valence-electron chi connectivity index (χ1n) is 4.34. The predicted octanol–water partition coefficient (Wildman–Crippen LogP) is 3.33. The fraction of sp³-hybridized carbons (Fsp3) is 0.364. The molecule has 1 nitrogen and oxygen atoms in total. The van der Waals surface area contributed by atoms with Crippen molar-refractivity contribution in [3.05, 3.63) is 34.9 Å². The van der Waals surface area contributed by atoms with E-state index in [1.165, 1.54) is 5.56 Å². The quantitative estimate of drug-likeness (QED) is 0.720. The van der Waals surface area contributed by atoms with Gasteiger partial charge in [0, 0.05) is 11.4 Å². The van der Waals surface area contributed by atoms with Crippen molar-refractivity contribution in [1.82, 2.24) is 0 Å². The molecule has 1 rings (SSSR count). The summed E-state index contributed by atoms with van der Waals surface area (Å²) in [5.41, 5.74) is 1.22. The molecule has 0 saturated heterocycles. The lowest BCUT2D eigenvalue weighted by atomic mass is 9.97. The van der Waals surface area contributed by atoms with E-state index >= 15 is 0 Å². The van der Waals surface area contributed by atoms with Gasteiger partial charge in [0.15, 0.2) is 6.29 Å². The van der Waals surface area contributed by atoms with Crippen molar-refractivity contribution in [2.75, 3.05) is 0 Å². The molecular weight excluding hydrogens is 184 g/mol. The van der Waals surface area contributed by atoms with Gasteiger partial charge in [-0.2, -0.15) is 0 Å². The van der Waals surface area contributed by atoms with Crippen LogP contribution in [0.15, 0.2) is 24.3 Å². The van der Waals surface area contributed by atoms with Gasteiger partial charge in [-0.05, 0) is 30.0 Å². The molecule has 1 unspecified atom stereocenters. The molecule has 0 spiro atoms. The Morgan fingerprint density at radius 1 is 1.38 bits per heavy atom. The predicted molar refractivity (Wildman–Crippen MR) is 54.8 cm³/mol. The van der Waals surface area contributed by atoms with Gasteiger partial charge < -0.3 is 0 Å². The Labute approximate surface area is 83.7 Å². The summed E-state index contributed by atoms with van der Waals surface area (Å²) in [6.45, 7) is 2.10. The number of hydrogen-bond donors (Lipinski definition) is 0. The van der Waals surface area contributed by atoms with Crippen molar-refractivity contribution in [2.24, 2.45) is 0 Å². The molecule has 0 heterocycles. The lowest BCUT2D eigenvalue weighted by Crippen LogP contribution is -1.93. The molecule has 0 amide bonds. The monoisotopic (exact) mass is 195 g/mol. The second-order valence-electron chi connectivity index (χ2n) is 3.14. The highest BCUT2D eigenvalue weighted by Gasteiger charge is 2.04. The minimum Gasteiger partial charge on any atom is -0.291 e. The Morgan fingerprint density at radius 3 is 2.54 bits per heavy atom. The van der Waals surface area contributed by atoms with Gasteiger partial charge in [0.05, 0.1) is 0 Å². The van der Waals surface area contributed by atoms with E-state index in [1.807, 2.05) is 30.6 Å². The highest BCUT2D eigenvalue weighted by Crippen LogP contribution is 2.21. The van der Waals surface area contributed by atoms with Crippen molar-refractivity contribution in [1.29, 1.82) is 0 Å². The average molecular weight is 196 g/mol. The Bertz CT molecular complexity index is 266. The van der Waals surface area contributed by atoms with Crippen LogP contribution in [0.2, 0.25) is 5.02 Å². The maximum Gasteiger partial charge on any atom is 0.198 e. The Morgan fingerprint density at radius 2 is 2.00 bits per heavy atom. The molecule has 0 bridgehead atoms. The second kappa shape index (κ2) is 5.03. The standard InChI is InChI=1S/C11H12ClO/c1-9(3-2-8-13)10-4-6-11(12)7-5-10/h4-7,9H,2-3H2,1H3. The lowest BCUT2D eigenvalue weighted by Gasteiger charge is -2.09. The zero-order valence-corrected chi connectivity index (χ0v) is 8.34. The summed E-state index contributed by atoms with van der Waals surface area (Å²) in [7, 11) is 0. The molecule has 0 fully saturated rings. The molecule has 69 valence electrons. The van der Waals surface area contributed by atoms with Crippen molar-refractivity contribution < 1.29 is 4.79 Å². The van der Waals surface area contributed by atoms with Crippen molar-refractivity contribution in [3.63, 3.8) is 0 Å². The molecule has 2 heteroatoms. The molecular formula is C11H12ClO. The lowest BCUT2D eigenvalue weighted by molar-refractivity contribution is 0.543. The first kappa shape index (κ1) is 10.3. The normalized spacial score (nSPS) is 12.5. The third kappa shape index (κ3) is 3.19. The first-order valence-corrected chi connectivity index (χ1v) is 4.72. The third-order valence-electron chi connectivity index (χ3n) is 2.12. The Hall–Kier alpha value is -0.820. The largest absolute Gasteiger partial charge is 0.291 e. The highest BCUT2D eigenvalue weighted by molar-refractivity contribution is 6.30. The topological polar surface area (TPSA) is 17.1 Å². The summed E-state index contributed by atoms with van der Waals surface area (Å²) >= 11 is 5.76. The van der Waals surface area contributed by atoms with E-state index in [4.69, 9.17) is 11.6 Å². The molecule has 0 aromatic heterocycles. The van der Waals surface area contributed by atoms with Gasteiger partial charge in [0.2, 0.25) is 0 Å². The van der Waals surface area contributed by atoms with Crippen LogP contribution in [0, 0.1) is 0 Å². The van der Waals surface area contributed by atoms with Crippen LogP contribution in [0.3, 0.4) is 0 Å². The molecule has 0 saturated carbocycles. The Balaban J connectivity index is 2.60. The molecule has 1 atom stereocenters. The summed E-state index contributed by atoms with van der Waals surface area (Å²) in [6.07, 6.45) is 3.26. The molecule has 1 radical (unpaired) electrons. The molecule has 0 aliphatic heterocycles. The minimum absolute atomic E-state index is 0.402. The fourth-order valence-corrected chi connectivity index (χ4v) is 1.36. The SMILES string of the molecule is CC(CC[C]=O)c1ccc(Cl)cc1. The number of carbonyl (C=O) groups excluding carboxylic acids is 1. The third-order valence-corrected chi connectivity index (χ3v) is 2.37. The van der Waals surface area contributed by atoms with Crippen LogP contribution in [-0.4, -0.2) is 6.29 Å². The molecule has 13 heavy (non-hydrogen) atoms. The van der Waals surface area contributed by atoms with Gasteiger partial charge in [-0.25, -0.2) is 0 Å². The Kier molecular flexibility index (Phi) is 3.97. The van der Waals surface area contributed by atoms with Gasteiger partial charge in [0.1, 0.15) is 0 Å². The molecule has 1 aromatic rings. The maximum absolute atomic E-state index is 10.0. The van der Waals surface area contributed by atoms with Crippen LogP contribution < -0.4 is 0 Å². The summed E-state index contributed by atoms with van der Waals surface area (Å²) in [5, 5.41) is 0.748. The van der Waals surface area contributed by atoms with E-state index in [0.29, 0.717) is 12.3 Å². The van der Waals surface area contributed by atoms with Crippen LogP contribution in [0.25, 0.3) is 0 Å². The van der Waals surface area contributed by atoms with Gasteiger partial charge in [-0.1, -0.05) is 30.7 Å². The van der Waals surface area contributed by atoms with Crippen LogP contribution in [0.4, 0.5) is 0 Å². The van der Waals surface area contributed by atoms with E-state index in [-0.39, 0.29) is 0 Å². The van der Waals surface area contributed by atoms with E-state index < -0.39 is 0 Å². The van der Waals surface area contributed by atoms with Crippen molar-refractivity contribution in [2.45, 2.75) is 25.7 Å². The first-order chi connectivity index (χ1) is 6.24. The van der Waals surface area contributed by atoms with Crippen molar-refractivity contribution >= 4 is 17.9 Å². The van der Waals surface area contributed by atoms with E-state index in [1.54, 1.807) is 0 Å². The minimum atomic E-state index is 0.402. The van der Waals surface area contributed by atoms with Crippen molar-refractivity contribution in [3.8, 4) is 0 Å². The fourth-order valence-electron chi connectivity index (χ4n) is 1.23. The van der Waals surface area contributed by atoms with E-state index in [2.05, 4.69) is 6.92 Å². The number of benzene rings is 1. The number of halogens is 1. The maximum atomic E-state index is 10.0. The smallest absolute Gasteiger partial charge is 0.198 e. The van der Waals surface area contributed by atoms with Gasteiger partial charge in [0.25, 0.3) is 0 Å². The van der Waals surface area contributed by atoms with Crippen LogP contribution in [0.1, 0.15) is 31.2 Å². The zero-order valence-electron chi connectivity index (χ0n) is 7.59. The van der Waals surface area contributed by atoms with E-state index in [9.17, 15) is 4.79 Å². The average Bonchev–Trinajstić information content (AvgIpc) is 2.15. The summed E-state index contributed by atoms with van der Waals surface area (Å²) in [5.74, 6) is 0.402. The van der Waals surface area contributed by atoms with Crippen LogP contribution >= 0.6 is 11.6 Å². The zero-order chi connectivity index (χ0) is 9.68. The summed E-state index contributed by atoms with van der Waals surface area (Å²) in [4.78, 5) is 10.0. The molecule has 0 aliphatic carbocycles. The van der Waals surface area contributed by atoms with Gasteiger partial charge >= 0.3 is 0 Å². The van der Waals surface area contributed by atoms with Crippen LogP contribution in [0.5, 0.6) is 0 Å². The van der Waals surface area contributed by atoms with E-state index in [0.717, 1.165) is 11.4 Å². The summed E-state index contributed by atoms with van der Waals surface area (Å²) in [6, 6.07) is 7.74. The number of rotatable bonds is 4. The second-order valence-corrected chi connectivity index (χ2v) is 3.57. The summed E-state index contributed by atoms with van der Waals surface area (Å²) < 4.78 is 0.